The summed E-state index contributed by atoms with van der Waals surface area (Å²) >= 11 is 0. The Balaban J connectivity index is 2.96. The predicted molar refractivity (Wildman–Crippen MR) is 54.2 cm³/mol. The average molecular weight is 261 g/mol. The van der Waals surface area contributed by atoms with E-state index in [4.69, 9.17) is 0 Å². The lowest BCUT2D eigenvalue weighted by molar-refractivity contribution is 0.0985. The van der Waals surface area contributed by atoms with E-state index in [1.165, 1.54) is 12.1 Å². The third-order valence-corrected chi connectivity index (χ3v) is 4.82. The number of amides is 1. The highest BCUT2D eigenvalue weighted by atomic mass is 32.2. The van der Waals surface area contributed by atoms with Crippen LogP contribution in [0.5, 0.6) is 0 Å². The molecule has 8 heteroatoms. The van der Waals surface area contributed by atoms with Crippen molar-refractivity contribution < 1.29 is 21.6 Å². The molecule has 2 rings (SSSR count). The monoisotopic (exact) mass is 261 g/mol. The van der Waals surface area contributed by atoms with E-state index in [1.54, 1.807) is 4.72 Å². The fraction of sp³-hybridized carbons (Fsp3) is 0.125. The SMILES string of the molecule is CS(=O)(=O)c1cccc2c1S(=O)(=O)NC2=O. The van der Waals surface area contributed by atoms with Crippen molar-refractivity contribution >= 4 is 25.8 Å². The van der Waals surface area contributed by atoms with Gasteiger partial charge in [0.25, 0.3) is 15.9 Å². The quantitative estimate of drug-likeness (QED) is 0.736. The first-order valence-corrected chi connectivity index (χ1v) is 7.51. The molecule has 0 atom stereocenters. The van der Waals surface area contributed by atoms with Crippen molar-refractivity contribution in [2.24, 2.45) is 0 Å². The van der Waals surface area contributed by atoms with Gasteiger partial charge in [-0.3, -0.25) is 4.79 Å². The Labute approximate surface area is 92.3 Å². The molecule has 0 saturated heterocycles. The largest absolute Gasteiger partial charge is 0.268 e. The van der Waals surface area contributed by atoms with Gasteiger partial charge < -0.3 is 0 Å². The molecule has 0 aromatic heterocycles. The third-order valence-electron chi connectivity index (χ3n) is 2.12. The zero-order chi connectivity index (χ0) is 12.1. The maximum absolute atomic E-state index is 11.5. The van der Waals surface area contributed by atoms with Gasteiger partial charge >= 0.3 is 0 Å². The number of hydrogen-bond acceptors (Lipinski definition) is 5. The van der Waals surface area contributed by atoms with E-state index >= 15 is 0 Å². The van der Waals surface area contributed by atoms with Crippen LogP contribution in [0.4, 0.5) is 0 Å². The lowest BCUT2D eigenvalue weighted by Crippen LogP contribution is -2.21. The molecule has 1 heterocycles. The molecule has 0 spiro atoms. The maximum Gasteiger partial charge on any atom is 0.266 e. The summed E-state index contributed by atoms with van der Waals surface area (Å²) < 4.78 is 47.6. The van der Waals surface area contributed by atoms with Gasteiger partial charge in [-0.05, 0) is 12.1 Å². The highest BCUT2D eigenvalue weighted by molar-refractivity contribution is 7.93. The Morgan fingerprint density at radius 2 is 1.88 bits per heavy atom. The third kappa shape index (κ3) is 1.50. The van der Waals surface area contributed by atoms with Gasteiger partial charge in [0.15, 0.2) is 9.84 Å². The Morgan fingerprint density at radius 3 is 2.44 bits per heavy atom. The molecule has 1 N–H and O–H groups in total. The lowest BCUT2D eigenvalue weighted by Gasteiger charge is -2.03. The van der Waals surface area contributed by atoms with Crippen molar-refractivity contribution in [3.05, 3.63) is 23.8 Å². The number of carbonyl (C=O) groups excluding carboxylic acids is 1. The second-order valence-corrected chi connectivity index (χ2v) is 6.94. The first kappa shape index (κ1) is 11.1. The van der Waals surface area contributed by atoms with Crippen LogP contribution >= 0.6 is 0 Å². The Kier molecular flexibility index (Phi) is 2.11. The molecule has 1 aromatic carbocycles. The van der Waals surface area contributed by atoms with E-state index in [0.29, 0.717) is 0 Å². The smallest absolute Gasteiger partial charge is 0.266 e. The van der Waals surface area contributed by atoms with Crippen LogP contribution in [0.15, 0.2) is 28.0 Å². The number of hydrogen-bond donors (Lipinski definition) is 1. The summed E-state index contributed by atoms with van der Waals surface area (Å²) in [5.74, 6) is -0.805. The molecule has 0 unspecified atom stereocenters. The van der Waals surface area contributed by atoms with Crippen molar-refractivity contribution in [3.8, 4) is 0 Å². The Morgan fingerprint density at radius 1 is 1.25 bits per heavy atom. The molecule has 1 aliphatic heterocycles. The van der Waals surface area contributed by atoms with Gasteiger partial charge in [0.05, 0.1) is 10.5 Å². The van der Waals surface area contributed by atoms with Crippen molar-refractivity contribution in [2.45, 2.75) is 9.79 Å². The van der Waals surface area contributed by atoms with Crippen LogP contribution in [0.3, 0.4) is 0 Å². The first-order valence-electron chi connectivity index (χ1n) is 4.14. The summed E-state index contributed by atoms with van der Waals surface area (Å²) in [5.41, 5.74) is -0.136. The van der Waals surface area contributed by atoms with Gasteiger partial charge in [0.2, 0.25) is 0 Å². The molecule has 0 fully saturated rings. The molecule has 0 saturated carbocycles. The number of rotatable bonds is 1. The zero-order valence-electron chi connectivity index (χ0n) is 8.09. The highest BCUT2D eigenvalue weighted by Gasteiger charge is 2.37. The second-order valence-electron chi connectivity index (χ2n) is 3.34. The summed E-state index contributed by atoms with van der Waals surface area (Å²) in [7, 11) is -7.74. The summed E-state index contributed by atoms with van der Waals surface area (Å²) in [6, 6.07) is 3.76. The minimum atomic E-state index is -4.05. The summed E-state index contributed by atoms with van der Waals surface area (Å²) in [5, 5.41) is 0. The lowest BCUT2D eigenvalue weighted by atomic mass is 10.2. The summed E-state index contributed by atoms with van der Waals surface area (Å²) in [6.45, 7) is 0. The molecular formula is C8H7NO5S2. The summed E-state index contributed by atoms with van der Waals surface area (Å²) in [6.07, 6.45) is 0.890. The van der Waals surface area contributed by atoms with Crippen molar-refractivity contribution in [1.82, 2.24) is 4.72 Å². The fourth-order valence-corrected chi connectivity index (χ4v) is 4.29. The van der Waals surface area contributed by atoms with Gasteiger partial charge in [-0.1, -0.05) is 6.07 Å². The van der Waals surface area contributed by atoms with Crippen LogP contribution in [0.1, 0.15) is 10.4 Å². The standard InChI is InChI=1S/C8H7NO5S2/c1-15(11,12)6-4-2-3-5-7(6)16(13,14)9-8(5)10/h2-4H,1H3,(H,9,10). The van der Waals surface area contributed by atoms with E-state index in [1.807, 2.05) is 0 Å². The minimum Gasteiger partial charge on any atom is -0.268 e. The fourth-order valence-electron chi connectivity index (χ4n) is 1.49. The Bertz CT molecular complexity index is 687. The normalized spacial score (nSPS) is 17.9. The van der Waals surface area contributed by atoms with Gasteiger partial charge in [0, 0.05) is 6.26 Å². The molecular weight excluding hydrogens is 254 g/mol. The zero-order valence-corrected chi connectivity index (χ0v) is 9.72. The van der Waals surface area contributed by atoms with Gasteiger partial charge in [-0.2, -0.15) is 0 Å². The predicted octanol–water partition coefficient (Wildman–Crippen LogP) is -0.478. The number of carbonyl (C=O) groups is 1. The van der Waals surface area contributed by atoms with Gasteiger partial charge in [-0.25, -0.2) is 21.6 Å². The van der Waals surface area contributed by atoms with Crippen molar-refractivity contribution in [2.75, 3.05) is 6.26 Å². The topological polar surface area (TPSA) is 97.4 Å². The number of benzene rings is 1. The van der Waals surface area contributed by atoms with E-state index in [2.05, 4.69) is 0 Å². The molecule has 0 radical (unpaired) electrons. The van der Waals surface area contributed by atoms with Crippen molar-refractivity contribution in [1.29, 1.82) is 0 Å². The minimum absolute atomic E-state index is 0.136. The maximum atomic E-state index is 11.5. The van der Waals surface area contributed by atoms with E-state index in [9.17, 15) is 21.6 Å². The van der Waals surface area contributed by atoms with E-state index in [-0.39, 0.29) is 10.5 Å². The molecule has 6 nitrogen and oxygen atoms in total. The summed E-state index contributed by atoms with van der Waals surface area (Å²) in [4.78, 5) is 10.5. The molecule has 0 bridgehead atoms. The molecule has 0 aliphatic carbocycles. The Hall–Kier alpha value is -1.41. The molecule has 1 aliphatic rings. The molecule has 1 aromatic rings. The van der Waals surface area contributed by atoms with Crippen LogP contribution in [-0.4, -0.2) is 29.0 Å². The van der Waals surface area contributed by atoms with Gasteiger partial charge in [0.1, 0.15) is 4.90 Å². The van der Waals surface area contributed by atoms with Crippen LogP contribution in [0.25, 0.3) is 0 Å². The van der Waals surface area contributed by atoms with Crippen LogP contribution < -0.4 is 4.72 Å². The second kappa shape index (κ2) is 3.05. The molecule has 16 heavy (non-hydrogen) atoms. The van der Waals surface area contributed by atoms with E-state index < -0.39 is 30.7 Å². The van der Waals surface area contributed by atoms with Crippen LogP contribution in [0.2, 0.25) is 0 Å². The van der Waals surface area contributed by atoms with E-state index in [0.717, 1.165) is 12.3 Å². The van der Waals surface area contributed by atoms with Crippen LogP contribution in [-0.2, 0) is 19.9 Å². The average Bonchev–Trinajstić information content (AvgIpc) is 2.36. The first-order chi connectivity index (χ1) is 7.23. The molecule has 1 amide bonds. The number of nitrogens with one attached hydrogen (secondary N) is 1. The molecule has 86 valence electrons. The van der Waals surface area contributed by atoms with Crippen molar-refractivity contribution in [3.63, 3.8) is 0 Å². The number of sulfone groups is 1. The highest BCUT2D eigenvalue weighted by Crippen LogP contribution is 2.29. The van der Waals surface area contributed by atoms with Gasteiger partial charge in [-0.15, -0.1) is 0 Å². The van der Waals surface area contributed by atoms with Crippen LogP contribution in [0, 0.1) is 0 Å². The number of fused-ring (bicyclic) bond motifs is 1. The number of sulfonamides is 1.